The molecule has 0 unspecified atom stereocenters. The Morgan fingerprint density at radius 3 is 2.77 bits per heavy atom. The molecule has 0 bridgehead atoms. The lowest BCUT2D eigenvalue weighted by Gasteiger charge is -1.87. The first-order valence-electron chi connectivity index (χ1n) is 3.76. The molecule has 2 aromatic rings. The maximum Gasteiger partial charge on any atom is 0.200 e. The molecule has 0 spiro atoms. The number of aromatic nitrogens is 4. The van der Waals surface area contributed by atoms with Crippen molar-refractivity contribution in [3.8, 4) is 11.4 Å². The number of nitrogens with two attached hydrogens (primary N) is 1. The standard InChI is InChI=1S/C7H9N5S/c1-4-5(3-12(2)10-4)6-9-7(8)13-11-6/h3H,1-2H3,(H2,8,9,11). The second-order valence-corrected chi connectivity index (χ2v) is 3.54. The topological polar surface area (TPSA) is 69.6 Å². The van der Waals surface area contributed by atoms with Gasteiger partial charge < -0.3 is 5.73 Å². The molecule has 0 radical (unpaired) electrons. The van der Waals surface area contributed by atoms with Gasteiger partial charge in [0.05, 0.1) is 11.3 Å². The molecular weight excluding hydrogens is 186 g/mol. The minimum atomic E-state index is 0.484. The van der Waals surface area contributed by atoms with Crippen molar-refractivity contribution in [2.45, 2.75) is 6.92 Å². The lowest BCUT2D eigenvalue weighted by molar-refractivity contribution is 0.756. The van der Waals surface area contributed by atoms with E-state index in [-0.39, 0.29) is 0 Å². The fourth-order valence-electron chi connectivity index (χ4n) is 1.16. The number of anilines is 1. The molecule has 2 aromatic heterocycles. The van der Waals surface area contributed by atoms with Gasteiger partial charge in [-0.05, 0) is 6.92 Å². The first kappa shape index (κ1) is 8.18. The summed E-state index contributed by atoms with van der Waals surface area (Å²) in [4.78, 5) is 4.09. The number of nitrogens with zero attached hydrogens (tertiary/aromatic N) is 4. The summed E-state index contributed by atoms with van der Waals surface area (Å²) < 4.78 is 5.85. The molecule has 68 valence electrons. The van der Waals surface area contributed by atoms with E-state index in [2.05, 4.69) is 14.5 Å². The van der Waals surface area contributed by atoms with Crippen molar-refractivity contribution in [1.29, 1.82) is 0 Å². The lowest BCUT2D eigenvalue weighted by atomic mass is 10.2. The van der Waals surface area contributed by atoms with Crippen LogP contribution in [0.1, 0.15) is 5.69 Å². The van der Waals surface area contributed by atoms with Gasteiger partial charge in [-0.15, -0.1) is 0 Å². The Hall–Kier alpha value is -1.43. The average molecular weight is 195 g/mol. The number of hydrogen-bond donors (Lipinski definition) is 1. The number of nitrogen functional groups attached to an aromatic ring is 1. The van der Waals surface area contributed by atoms with E-state index in [1.54, 1.807) is 4.68 Å². The molecule has 0 fully saturated rings. The minimum absolute atomic E-state index is 0.484. The van der Waals surface area contributed by atoms with Crippen molar-refractivity contribution in [2.24, 2.45) is 7.05 Å². The summed E-state index contributed by atoms with van der Waals surface area (Å²) in [5, 5.41) is 4.68. The van der Waals surface area contributed by atoms with Crippen LogP contribution in [-0.2, 0) is 7.05 Å². The van der Waals surface area contributed by atoms with E-state index >= 15 is 0 Å². The Labute approximate surface area is 79.4 Å². The summed E-state index contributed by atoms with van der Waals surface area (Å²) in [6.07, 6.45) is 1.89. The van der Waals surface area contributed by atoms with Gasteiger partial charge in [0, 0.05) is 24.8 Å². The third-order valence-electron chi connectivity index (χ3n) is 1.70. The Morgan fingerprint density at radius 2 is 2.31 bits per heavy atom. The van der Waals surface area contributed by atoms with Crippen LogP contribution in [0.5, 0.6) is 0 Å². The molecule has 0 aromatic carbocycles. The highest BCUT2D eigenvalue weighted by atomic mass is 32.1. The second-order valence-electron chi connectivity index (χ2n) is 2.76. The summed E-state index contributed by atoms with van der Waals surface area (Å²) in [6, 6.07) is 0. The number of aryl methyl sites for hydroxylation is 2. The van der Waals surface area contributed by atoms with E-state index in [0.717, 1.165) is 11.3 Å². The fourth-order valence-corrected chi connectivity index (χ4v) is 1.61. The Balaban J connectivity index is 2.51. The minimum Gasteiger partial charge on any atom is -0.374 e. The molecule has 6 heteroatoms. The van der Waals surface area contributed by atoms with Crippen molar-refractivity contribution in [3.63, 3.8) is 0 Å². The predicted molar refractivity (Wildman–Crippen MR) is 51.3 cm³/mol. The third kappa shape index (κ3) is 1.40. The maximum atomic E-state index is 5.49. The molecule has 0 amide bonds. The summed E-state index contributed by atoms with van der Waals surface area (Å²) in [7, 11) is 1.87. The maximum absolute atomic E-state index is 5.49. The largest absolute Gasteiger partial charge is 0.374 e. The Morgan fingerprint density at radius 1 is 1.54 bits per heavy atom. The second kappa shape index (κ2) is 2.81. The molecule has 2 heterocycles. The summed E-state index contributed by atoms with van der Waals surface area (Å²) in [6.45, 7) is 1.92. The van der Waals surface area contributed by atoms with Crippen LogP contribution in [0.15, 0.2) is 6.20 Å². The summed E-state index contributed by atoms with van der Waals surface area (Å²) in [5.41, 5.74) is 7.35. The molecule has 2 N–H and O–H groups in total. The zero-order valence-electron chi connectivity index (χ0n) is 7.35. The van der Waals surface area contributed by atoms with Gasteiger partial charge in [-0.1, -0.05) is 0 Å². The van der Waals surface area contributed by atoms with Gasteiger partial charge >= 0.3 is 0 Å². The van der Waals surface area contributed by atoms with Gasteiger partial charge in [0.2, 0.25) is 0 Å². The summed E-state index contributed by atoms with van der Waals surface area (Å²) >= 11 is 1.20. The molecular formula is C7H9N5S. The lowest BCUT2D eigenvalue weighted by Crippen LogP contribution is -1.86. The van der Waals surface area contributed by atoms with Gasteiger partial charge in [0.15, 0.2) is 11.0 Å². The van der Waals surface area contributed by atoms with Crippen molar-refractivity contribution >= 4 is 16.7 Å². The van der Waals surface area contributed by atoms with Crippen molar-refractivity contribution < 1.29 is 0 Å². The van der Waals surface area contributed by atoms with Crippen LogP contribution >= 0.6 is 11.5 Å². The molecule has 0 aliphatic carbocycles. The van der Waals surface area contributed by atoms with Crippen molar-refractivity contribution in [3.05, 3.63) is 11.9 Å². The highest BCUT2D eigenvalue weighted by molar-refractivity contribution is 7.09. The molecule has 0 atom stereocenters. The normalized spacial score (nSPS) is 10.6. The fraction of sp³-hybridized carbons (Fsp3) is 0.286. The third-order valence-corrected chi connectivity index (χ3v) is 2.24. The zero-order chi connectivity index (χ0) is 9.42. The van der Waals surface area contributed by atoms with Gasteiger partial charge in [-0.3, -0.25) is 4.68 Å². The molecule has 0 saturated carbocycles. The Bertz CT molecular complexity index is 430. The number of hydrogen-bond acceptors (Lipinski definition) is 5. The molecule has 2 rings (SSSR count). The molecule has 5 nitrogen and oxygen atoms in total. The van der Waals surface area contributed by atoms with Gasteiger partial charge in [-0.25, -0.2) is 0 Å². The van der Waals surface area contributed by atoms with E-state index < -0.39 is 0 Å². The van der Waals surface area contributed by atoms with E-state index in [9.17, 15) is 0 Å². The zero-order valence-corrected chi connectivity index (χ0v) is 8.17. The summed E-state index contributed by atoms with van der Waals surface area (Å²) in [5.74, 6) is 0.660. The van der Waals surface area contributed by atoms with E-state index in [4.69, 9.17) is 5.73 Å². The predicted octanol–water partition coefficient (Wildman–Crippen LogP) is 0.829. The monoisotopic (exact) mass is 195 g/mol. The van der Waals surface area contributed by atoms with E-state index in [0.29, 0.717) is 11.0 Å². The van der Waals surface area contributed by atoms with Crippen LogP contribution in [0.2, 0.25) is 0 Å². The smallest absolute Gasteiger partial charge is 0.200 e. The van der Waals surface area contributed by atoms with Gasteiger partial charge in [0.1, 0.15) is 0 Å². The highest BCUT2D eigenvalue weighted by Crippen LogP contribution is 2.21. The van der Waals surface area contributed by atoms with E-state index in [1.165, 1.54) is 11.5 Å². The van der Waals surface area contributed by atoms with Crippen molar-refractivity contribution in [1.82, 2.24) is 19.1 Å². The van der Waals surface area contributed by atoms with Gasteiger partial charge in [-0.2, -0.15) is 14.5 Å². The van der Waals surface area contributed by atoms with E-state index in [1.807, 2.05) is 20.2 Å². The number of rotatable bonds is 1. The van der Waals surface area contributed by atoms with Gasteiger partial charge in [0.25, 0.3) is 0 Å². The first-order valence-corrected chi connectivity index (χ1v) is 4.54. The molecule has 13 heavy (non-hydrogen) atoms. The molecule has 0 aliphatic rings. The highest BCUT2D eigenvalue weighted by Gasteiger charge is 2.10. The van der Waals surface area contributed by atoms with Crippen LogP contribution < -0.4 is 5.73 Å². The SMILES string of the molecule is Cc1nn(C)cc1-c1nsc(N)n1. The Kier molecular flexibility index (Phi) is 1.77. The van der Waals surface area contributed by atoms with Crippen LogP contribution in [0.25, 0.3) is 11.4 Å². The first-order chi connectivity index (χ1) is 6.16. The average Bonchev–Trinajstić information content (AvgIpc) is 2.58. The molecule has 0 aliphatic heterocycles. The van der Waals surface area contributed by atoms with Crippen LogP contribution in [-0.4, -0.2) is 19.1 Å². The van der Waals surface area contributed by atoms with Crippen LogP contribution in [0.4, 0.5) is 5.13 Å². The quantitative estimate of drug-likeness (QED) is 0.731. The van der Waals surface area contributed by atoms with Crippen molar-refractivity contribution in [2.75, 3.05) is 5.73 Å². The molecule has 0 saturated heterocycles. The van der Waals surface area contributed by atoms with Crippen LogP contribution in [0, 0.1) is 6.92 Å². The van der Waals surface area contributed by atoms with Crippen LogP contribution in [0.3, 0.4) is 0 Å².